The smallest absolute Gasteiger partial charge is 0.398 e. The number of ether oxygens (including phenoxy) is 2. The topological polar surface area (TPSA) is 47.6 Å². The van der Waals surface area contributed by atoms with E-state index < -0.39 is 18.2 Å². The van der Waals surface area contributed by atoms with Gasteiger partial charge in [-0.2, -0.15) is 13.2 Å². The van der Waals surface area contributed by atoms with Crippen molar-refractivity contribution in [3.05, 3.63) is 35.6 Å². The molecule has 20 heavy (non-hydrogen) atoms. The summed E-state index contributed by atoms with van der Waals surface area (Å²) in [5, 5.41) is 2.52. The Morgan fingerprint density at radius 3 is 2.95 bits per heavy atom. The first kappa shape index (κ1) is 14.6. The molecule has 0 saturated carbocycles. The summed E-state index contributed by atoms with van der Waals surface area (Å²) in [4.78, 5) is 11.3. The number of hydrogen-bond acceptors (Lipinski definition) is 3. The largest absolute Gasteiger partial charge is 0.469 e. The molecule has 1 amide bonds. The van der Waals surface area contributed by atoms with E-state index in [1.807, 2.05) is 0 Å². The maximum absolute atomic E-state index is 13.0. The van der Waals surface area contributed by atoms with Gasteiger partial charge in [0.2, 0.25) is 5.91 Å². The number of rotatable bonds is 3. The van der Waals surface area contributed by atoms with E-state index in [0.29, 0.717) is 6.54 Å². The second-order valence-corrected chi connectivity index (χ2v) is 4.36. The van der Waals surface area contributed by atoms with Crippen LogP contribution in [0.3, 0.4) is 0 Å². The molecule has 4 nitrogen and oxygen atoms in total. The molecule has 0 aromatic heterocycles. The summed E-state index contributed by atoms with van der Waals surface area (Å²) in [6.45, 7) is 2.01. The number of allylic oxidation sites excluding steroid dienone is 3. The van der Waals surface area contributed by atoms with Gasteiger partial charge in [-0.05, 0) is 24.6 Å². The van der Waals surface area contributed by atoms with E-state index in [2.05, 4.69) is 5.32 Å². The molecule has 0 bridgehead atoms. The van der Waals surface area contributed by atoms with Crippen LogP contribution >= 0.6 is 0 Å². The molecule has 1 aliphatic heterocycles. The van der Waals surface area contributed by atoms with Crippen molar-refractivity contribution in [1.82, 2.24) is 5.32 Å². The van der Waals surface area contributed by atoms with Crippen LogP contribution in [0.2, 0.25) is 0 Å². The van der Waals surface area contributed by atoms with Gasteiger partial charge < -0.3 is 14.8 Å². The van der Waals surface area contributed by atoms with Gasteiger partial charge >= 0.3 is 6.18 Å². The van der Waals surface area contributed by atoms with Crippen LogP contribution in [0, 0.1) is 5.92 Å². The highest BCUT2D eigenvalue weighted by molar-refractivity contribution is 5.88. The van der Waals surface area contributed by atoms with Crippen LogP contribution in [0.1, 0.15) is 6.92 Å². The molecular formula is C13H14F3NO3. The van der Waals surface area contributed by atoms with Crippen LogP contribution in [0.5, 0.6) is 0 Å². The number of nitrogens with one attached hydrogen (secondary N) is 1. The summed E-state index contributed by atoms with van der Waals surface area (Å²) < 4.78 is 48.9. The zero-order valence-corrected chi connectivity index (χ0v) is 10.7. The van der Waals surface area contributed by atoms with Crippen LogP contribution in [0.4, 0.5) is 13.2 Å². The van der Waals surface area contributed by atoms with Crippen LogP contribution in [0.15, 0.2) is 35.6 Å². The van der Waals surface area contributed by atoms with E-state index in [4.69, 9.17) is 9.47 Å². The molecule has 0 spiro atoms. The van der Waals surface area contributed by atoms with Crippen molar-refractivity contribution in [3.63, 3.8) is 0 Å². The van der Waals surface area contributed by atoms with Crippen molar-refractivity contribution in [2.75, 3.05) is 13.3 Å². The predicted molar refractivity (Wildman–Crippen MR) is 64.4 cm³/mol. The molecule has 7 heteroatoms. The second-order valence-electron chi connectivity index (χ2n) is 4.36. The number of alkyl halides is 3. The lowest BCUT2D eigenvalue weighted by Crippen LogP contribution is -2.35. The Labute approximate surface area is 113 Å². The summed E-state index contributed by atoms with van der Waals surface area (Å²) >= 11 is 0. The lowest BCUT2D eigenvalue weighted by Gasteiger charge is -2.25. The molecule has 0 aromatic carbocycles. The van der Waals surface area contributed by atoms with Crippen LogP contribution in [0.25, 0.3) is 0 Å². The molecule has 0 aromatic rings. The maximum Gasteiger partial charge on any atom is 0.398 e. The van der Waals surface area contributed by atoms with E-state index in [0.717, 1.165) is 6.08 Å². The highest BCUT2D eigenvalue weighted by Crippen LogP contribution is 2.40. The van der Waals surface area contributed by atoms with Crippen LogP contribution in [-0.4, -0.2) is 31.5 Å². The van der Waals surface area contributed by atoms with Gasteiger partial charge in [0.05, 0.1) is 0 Å². The molecule has 110 valence electrons. The fourth-order valence-corrected chi connectivity index (χ4v) is 2.03. The highest BCUT2D eigenvalue weighted by Gasteiger charge is 2.49. The molecule has 0 radical (unpaired) electrons. The molecule has 2 atom stereocenters. The molecule has 2 aliphatic rings. The first-order valence-corrected chi connectivity index (χ1v) is 6.12. The highest BCUT2D eigenvalue weighted by atomic mass is 19.4. The zero-order chi connectivity index (χ0) is 14.8. The quantitative estimate of drug-likeness (QED) is 0.809. The van der Waals surface area contributed by atoms with Crippen molar-refractivity contribution >= 4 is 5.91 Å². The van der Waals surface area contributed by atoms with Gasteiger partial charge in [-0.1, -0.05) is 6.08 Å². The Bertz CT molecular complexity index is 480. The number of hydrogen-bond donors (Lipinski definition) is 1. The summed E-state index contributed by atoms with van der Waals surface area (Å²) in [6.07, 6.45) is -0.543. The van der Waals surface area contributed by atoms with Gasteiger partial charge in [-0.3, -0.25) is 4.79 Å². The minimum atomic E-state index is -4.43. The average molecular weight is 289 g/mol. The summed E-state index contributed by atoms with van der Waals surface area (Å²) in [5.41, 5.74) is 0.273. The second kappa shape index (κ2) is 5.70. The minimum absolute atomic E-state index is 0.144. The Kier molecular flexibility index (Phi) is 4.17. The van der Waals surface area contributed by atoms with Crippen LogP contribution in [-0.2, 0) is 14.3 Å². The Morgan fingerprint density at radius 1 is 1.55 bits per heavy atom. The van der Waals surface area contributed by atoms with Gasteiger partial charge in [0.1, 0.15) is 17.8 Å². The molecule has 2 rings (SSSR count). The van der Waals surface area contributed by atoms with E-state index in [1.165, 1.54) is 18.2 Å². The number of carbonyl (C=O) groups is 1. The third kappa shape index (κ3) is 3.22. The van der Waals surface area contributed by atoms with Gasteiger partial charge in [-0.15, -0.1) is 0 Å². The van der Waals surface area contributed by atoms with E-state index in [-0.39, 0.29) is 24.0 Å². The predicted octanol–water partition coefficient (Wildman–Crippen LogP) is 2.05. The Morgan fingerprint density at radius 2 is 2.30 bits per heavy atom. The first-order valence-electron chi connectivity index (χ1n) is 6.12. The summed E-state index contributed by atoms with van der Waals surface area (Å²) in [5.74, 6) is -1.98. The fourth-order valence-electron chi connectivity index (χ4n) is 2.03. The SMILES string of the molecule is CCNC(=O)/C=C/C1=CC(C(F)(F)F)C2OCOC2=C1. The van der Waals surface area contributed by atoms with Crippen LogP contribution < -0.4 is 5.32 Å². The summed E-state index contributed by atoms with van der Waals surface area (Å²) in [7, 11) is 0. The number of fused-ring (bicyclic) bond motifs is 1. The molecule has 2 unspecified atom stereocenters. The minimum Gasteiger partial charge on any atom is -0.469 e. The monoisotopic (exact) mass is 289 g/mol. The van der Waals surface area contributed by atoms with Gasteiger partial charge in [0.15, 0.2) is 6.79 Å². The average Bonchev–Trinajstić information content (AvgIpc) is 2.82. The molecule has 1 N–H and O–H groups in total. The van der Waals surface area contributed by atoms with Gasteiger partial charge in [0.25, 0.3) is 0 Å². The first-order chi connectivity index (χ1) is 9.41. The van der Waals surface area contributed by atoms with E-state index >= 15 is 0 Å². The molecule has 1 aliphatic carbocycles. The standard InChI is InChI=1S/C13H14F3NO3/c1-2-17-11(18)4-3-8-5-9(13(14,15)16)12-10(6-8)19-7-20-12/h3-6,9,12H,2,7H2,1H3,(H,17,18)/b4-3+. The Balaban J connectivity index is 2.20. The van der Waals surface area contributed by atoms with Crippen molar-refractivity contribution in [2.45, 2.75) is 19.2 Å². The van der Waals surface area contributed by atoms with Crippen molar-refractivity contribution in [1.29, 1.82) is 0 Å². The number of halogens is 3. The number of carbonyl (C=O) groups excluding carboxylic acids is 1. The lowest BCUT2D eigenvalue weighted by atomic mass is 9.91. The van der Waals surface area contributed by atoms with Gasteiger partial charge in [-0.25, -0.2) is 0 Å². The lowest BCUT2D eigenvalue weighted by molar-refractivity contribution is -0.183. The molecule has 1 saturated heterocycles. The third-order valence-electron chi connectivity index (χ3n) is 2.92. The van der Waals surface area contributed by atoms with Crippen molar-refractivity contribution in [2.24, 2.45) is 5.92 Å². The fraction of sp³-hybridized carbons (Fsp3) is 0.462. The van der Waals surface area contributed by atoms with Crippen molar-refractivity contribution < 1.29 is 27.4 Å². The zero-order valence-electron chi connectivity index (χ0n) is 10.7. The molecule has 1 heterocycles. The van der Waals surface area contributed by atoms with Gasteiger partial charge in [0, 0.05) is 12.6 Å². The van der Waals surface area contributed by atoms with E-state index in [9.17, 15) is 18.0 Å². The van der Waals surface area contributed by atoms with E-state index in [1.54, 1.807) is 6.92 Å². The number of likely N-dealkylation sites (N-methyl/N-ethyl adjacent to an activating group) is 1. The molecular weight excluding hydrogens is 275 g/mol. The number of amides is 1. The normalized spacial score (nSPS) is 25.8. The summed E-state index contributed by atoms with van der Waals surface area (Å²) in [6, 6.07) is 0. The van der Waals surface area contributed by atoms with Crippen molar-refractivity contribution in [3.8, 4) is 0 Å². The third-order valence-corrected chi connectivity index (χ3v) is 2.92. The Hall–Kier alpha value is -1.76. The maximum atomic E-state index is 13.0. The molecule has 1 fully saturated rings.